The van der Waals surface area contributed by atoms with Crippen LogP contribution in [-0.4, -0.2) is 37.4 Å². The fraction of sp³-hybridized carbons (Fsp3) is 0.174. The van der Waals surface area contributed by atoms with E-state index in [-0.39, 0.29) is 12.1 Å². The lowest BCUT2D eigenvalue weighted by molar-refractivity contribution is 0.114. The van der Waals surface area contributed by atoms with Gasteiger partial charge in [-0.05, 0) is 66.2 Å². The quantitative estimate of drug-likeness (QED) is 0.408. The smallest absolute Gasteiger partial charge is 0.415 e. The molecule has 5 rings (SSSR count). The number of carbonyl (C=O) groups is 1. The number of rotatable bonds is 5. The molecule has 0 bridgehead atoms. The van der Waals surface area contributed by atoms with Crippen LogP contribution in [0.3, 0.4) is 0 Å². The Morgan fingerprint density at radius 2 is 1.79 bits per heavy atom. The Balaban J connectivity index is 1.49. The molecule has 1 fully saturated rings. The van der Waals surface area contributed by atoms with Crippen molar-refractivity contribution in [2.24, 2.45) is 0 Å². The topological polar surface area (TPSA) is 86.0 Å². The molecule has 8 nitrogen and oxygen atoms in total. The third-order valence-corrected chi connectivity index (χ3v) is 5.63. The van der Waals surface area contributed by atoms with E-state index in [1.165, 1.54) is 21.8 Å². The van der Waals surface area contributed by atoms with Gasteiger partial charge in [0.2, 0.25) is 5.82 Å². The van der Waals surface area contributed by atoms with Crippen LogP contribution >= 0.6 is 11.6 Å². The van der Waals surface area contributed by atoms with Gasteiger partial charge in [-0.3, -0.25) is 9.88 Å². The van der Waals surface area contributed by atoms with E-state index < -0.39 is 29.9 Å². The molecule has 2 aromatic heterocycles. The van der Waals surface area contributed by atoms with Crippen LogP contribution in [0.1, 0.15) is 17.3 Å². The number of pyridine rings is 1. The summed E-state index contributed by atoms with van der Waals surface area (Å²) in [6.07, 6.45) is 0.0972. The van der Waals surface area contributed by atoms with Crippen LogP contribution in [0.4, 0.5) is 19.3 Å². The highest BCUT2D eigenvalue weighted by atomic mass is 35.5. The summed E-state index contributed by atoms with van der Waals surface area (Å²) < 4.78 is 33.8. The van der Waals surface area contributed by atoms with Crippen molar-refractivity contribution in [3.8, 4) is 11.4 Å². The van der Waals surface area contributed by atoms with Crippen LogP contribution in [0.15, 0.2) is 60.8 Å². The Labute approximate surface area is 197 Å². The summed E-state index contributed by atoms with van der Waals surface area (Å²) in [5.74, 6) is -1.19. The van der Waals surface area contributed by atoms with E-state index in [2.05, 4.69) is 20.4 Å². The van der Waals surface area contributed by atoms with Gasteiger partial charge in [-0.1, -0.05) is 11.6 Å². The average Bonchev–Trinajstić information content (AvgIpc) is 3.38. The van der Waals surface area contributed by atoms with E-state index in [0.29, 0.717) is 22.1 Å². The Morgan fingerprint density at radius 3 is 2.47 bits per heavy atom. The third kappa shape index (κ3) is 4.32. The summed E-state index contributed by atoms with van der Waals surface area (Å²) in [4.78, 5) is 19.7. The number of aryl methyl sites for hydroxylation is 1. The normalized spacial score (nSPS) is 17.8. The fourth-order valence-electron chi connectivity index (χ4n) is 3.84. The number of anilines is 1. The molecule has 2 aromatic carbocycles. The summed E-state index contributed by atoms with van der Waals surface area (Å²) in [5.41, 5.74) is 2.21. The number of nitrogens with zero attached hydrogens (tertiary/aromatic N) is 6. The fourth-order valence-corrected chi connectivity index (χ4v) is 3.97. The Kier molecular flexibility index (Phi) is 5.66. The molecule has 4 aromatic rings. The van der Waals surface area contributed by atoms with Gasteiger partial charge in [0.05, 0.1) is 0 Å². The number of benzene rings is 2. The standard InChI is InChI=1S/C23H17ClF2N6O2/c1-13-2-3-14(11-27-13)22-28-30-31(29-22)12-20-21(15-8-17(25)10-18(26)9-15)32(23(33)34-20)19-6-4-16(24)5-7-19/h2-11,20-21H,12H2,1H3/t20-,21-/m0/s1. The van der Waals surface area contributed by atoms with Crippen molar-refractivity contribution in [1.29, 1.82) is 0 Å². The summed E-state index contributed by atoms with van der Waals surface area (Å²) in [5, 5.41) is 12.9. The molecule has 1 amide bonds. The van der Waals surface area contributed by atoms with Gasteiger partial charge in [-0.25, -0.2) is 13.6 Å². The maximum Gasteiger partial charge on any atom is 0.415 e. The summed E-state index contributed by atoms with van der Waals surface area (Å²) in [7, 11) is 0. The number of carbonyl (C=O) groups excluding carboxylic acids is 1. The zero-order valence-corrected chi connectivity index (χ0v) is 18.5. The van der Waals surface area contributed by atoms with Crippen molar-refractivity contribution in [3.05, 3.63) is 88.7 Å². The highest BCUT2D eigenvalue weighted by molar-refractivity contribution is 6.30. The van der Waals surface area contributed by atoms with E-state index in [1.54, 1.807) is 30.5 Å². The van der Waals surface area contributed by atoms with Gasteiger partial charge < -0.3 is 4.74 Å². The largest absolute Gasteiger partial charge is 0.441 e. The zero-order valence-electron chi connectivity index (χ0n) is 17.8. The van der Waals surface area contributed by atoms with E-state index in [1.807, 2.05) is 19.1 Å². The highest BCUT2D eigenvalue weighted by Crippen LogP contribution is 2.39. The van der Waals surface area contributed by atoms with Crippen molar-refractivity contribution in [3.63, 3.8) is 0 Å². The molecule has 34 heavy (non-hydrogen) atoms. The first kappa shape index (κ1) is 21.9. The minimum atomic E-state index is -0.859. The second-order valence-electron chi connectivity index (χ2n) is 7.77. The molecule has 0 spiro atoms. The molecule has 0 aliphatic carbocycles. The average molecular weight is 483 g/mol. The zero-order chi connectivity index (χ0) is 23.8. The van der Waals surface area contributed by atoms with E-state index in [4.69, 9.17) is 16.3 Å². The number of amides is 1. The van der Waals surface area contributed by atoms with E-state index in [9.17, 15) is 13.6 Å². The SMILES string of the molecule is Cc1ccc(-c2nnn(C[C@@H]3OC(=O)N(c4ccc(Cl)cc4)[C@H]3c3cc(F)cc(F)c3)n2)cn1. The number of ether oxygens (including phenoxy) is 1. The Hall–Kier alpha value is -3.92. The van der Waals surface area contributed by atoms with Gasteiger partial charge in [0.25, 0.3) is 0 Å². The van der Waals surface area contributed by atoms with Crippen LogP contribution in [0, 0.1) is 18.6 Å². The molecule has 0 unspecified atom stereocenters. The predicted molar refractivity (Wildman–Crippen MR) is 119 cm³/mol. The maximum absolute atomic E-state index is 14.1. The highest BCUT2D eigenvalue weighted by Gasteiger charge is 2.44. The molecule has 11 heteroatoms. The van der Waals surface area contributed by atoms with Crippen molar-refractivity contribution < 1.29 is 18.3 Å². The maximum atomic E-state index is 14.1. The van der Waals surface area contributed by atoms with Gasteiger partial charge in [-0.15, -0.1) is 10.2 Å². The predicted octanol–water partition coefficient (Wildman–Crippen LogP) is 4.74. The van der Waals surface area contributed by atoms with Crippen LogP contribution in [0.5, 0.6) is 0 Å². The summed E-state index contributed by atoms with van der Waals surface area (Å²) >= 11 is 5.98. The summed E-state index contributed by atoms with van der Waals surface area (Å²) in [6.45, 7) is 1.87. The van der Waals surface area contributed by atoms with Crippen LogP contribution in [-0.2, 0) is 11.3 Å². The number of hydrogen-bond donors (Lipinski definition) is 0. The van der Waals surface area contributed by atoms with Crippen molar-refractivity contribution in [1.82, 2.24) is 25.2 Å². The van der Waals surface area contributed by atoms with E-state index >= 15 is 0 Å². The molecular weight excluding hydrogens is 466 g/mol. The van der Waals surface area contributed by atoms with E-state index in [0.717, 1.165) is 11.8 Å². The molecule has 0 saturated carbocycles. The van der Waals surface area contributed by atoms with Gasteiger partial charge in [0.1, 0.15) is 30.3 Å². The molecule has 0 N–H and O–H groups in total. The lowest BCUT2D eigenvalue weighted by atomic mass is 9.99. The van der Waals surface area contributed by atoms with Crippen LogP contribution in [0.2, 0.25) is 5.02 Å². The summed E-state index contributed by atoms with van der Waals surface area (Å²) in [6, 6.07) is 12.4. The molecular formula is C23H17ClF2N6O2. The molecule has 2 atom stereocenters. The molecule has 0 radical (unpaired) electrons. The van der Waals surface area contributed by atoms with Crippen LogP contribution in [0.25, 0.3) is 11.4 Å². The molecule has 172 valence electrons. The second kappa shape index (κ2) is 8.79. The first-order valence-corrected chi connectivity index (χ1v) is 10.7. The number of aromatic nitrogens is 5. The number of cyclic esters (lactones) is 1. The van der Waals surface area contributed by atoms with Gasteiger partial charge >= 0.3 is 6.09 Å². The Morgan fingerprint density at radius 1 is 1.06 bits per heavy atom. The molecule has 1 aliphatic rings. The third-order valence-electron chi connectivity index (χ3n) is 5.38. The molecule has 1 aliphatic heterocycles. The number of hydrogen-bond acceptors (Lipinski definition) is 6. The minimum absolute atomic E-state index is 0.00488. The minimum Gasteiger partial charge on any atom is -0.441 e. The van der Waals surface area contributed by atoms with Crippen LogP contribution < -0.4 is 4.90 Å². The lowest BCUT2D eigenvalue weighted by Crippen LogP contribution is -2.31. The molecule has 3 heterocycles. The van der Waals surface area contributed by atoms with Gasteiger partial charge in [0.15, 0.2) is 0 Å². The number of halogens is 3. The van der Waals surface area contributed by atoms with Gasteiger partial charge in [-0.2, -0.15) is 4.80 Å². The molecule has 1 saturated heterocycles. The first-order valence-electron chi connectivity index (χ1n) is 10.3. The first-order chi connectivity index (χ1) is 16.4. The van der Waals surface area contributed by atoms with Crippen molar-refractivity contribution in [2.45, 2.75) is 25.6 Å². The van der Waals surface area contributed by atoms with Crippen molar-refractivity contribution in [2.75, 3.05) is 4.90 Å². The lowest BCUT2D eigenvalue weighted by Gasteiger charge is -2.25. The number of tetrazole rings is 1. The van der Waals surface area contributed by atoms with Gasteiger partial charge in [0, 0.05) is 34.2 Å². The second-order valence-corrected chi connectivity index (χ2v) is 8.21. The monoisotopic (exact) mass is 482 g/mol. The Bertz CT molecular complexity index is 1330. The van der Waals surface area contributed by atoms with Crippen molar-refractivity contribution >= 4 is 23.4 Å².